The highest BCUT2D eigenvalue weighted by Gasteiger charge is 2.12. The highest BCUT2D eigenvalue weighted by Crippen LogP contribution is 2.29. The van der Waals surface area contributed by atoms with Crippen molar-refractivity contribution in [2.75, 3.05) is 7.11 Å². The van der Waals surface area contributed by atoms with Crippen molar-refractivity contribution in [1.29, 1.82) is 0 Å². The maximum Gasteiger partial charge on any atom is 0.161 e. The van der Waals surface area contributed by atoms with Gasteiger partial charge in [0.05, 0.1) is 24.7 Å². The Hall–Kier alpha value is -3.19. The minimum absolute atomic E-state index is 0.315. The average Bonchev–Trinajstić information content (AvgIpc) is 2.99. The number of rotatable bonds is 6. The lowest BCUT2D eigenvalue weighted by Crippen LogP contribution is -2.07. The third-order valence-corrected chi connectivity index (χ3v) is 3.89. The zero-order chi connectivity index (χ0) is 17.6. The number of fused-ring (bicyclic) bond motifs is 1. The van der Waals surface area contributed by atoms with Crippen molar-refractivity contribution in [2.45, 2.75) is 20.1 Å². The number of terminal acetylenes is 1. The SMILES string of the molecule is C#CCn1c(COc2ccc(/C=C/C)cc2OC)nc2ccccc21. The summed E-state index contributed by atoms with van der Waals surface area (Å²) in [6, 6.07) is 13.8. The number of ether oxygens (including phenoxy) is 2. The van der Waals surface area contributed by atoms with E-state index in [0.29, 0.717) is 24.7 Å². The van der Waals surface area contributed by atoms with E-state index >= 15 is 0 Å². The van der Waals surface area contributed by atoms with Crippen LogP contribution in [-0.2, 0) is 13.2 Å². The highest BCUT2D eigenvalue weighted by molar-refractivity contribution is 5.76. The monoisotopic (exact) mass is 332 g/mol. The summed E-state index contributed by atoms with van der Waals surface area (Å²) in [4.78, 5) is 4.64. The van der Waals surface area contributed by atoms with Gasteiger partial charge in [-0.05, 0) is 36.8 Å². The number of aromatic nitrogens is 2. The van der Waals surface area contributed by atoms with E-state index in [2.05, 4.69) is 10.9 Å². The molecule has 3 aromatic rings. The largest absolute Gasteiger partial charge is 0.493 e. The fourth-order valence-corrected chi connectivity index (χ4v) is 2.75. The third kappa shape index (κ3) is 3.51. The van der Waals surface area contributed by atoms with Crippen molar-refractivity contribution in [3.8, 4) is 23.8 Å². The van der Waals surface area contributed by atoms with Crippen LogP contribution in [-0.4, -0.2) is 16.7 Å². The lowest BCUT2D eigenvalue weighted by atomic mass is 10.2. The zero-order valence-electron chi connectivity index (χ0n) is 14.4. The topological polar surface area (TPSA) is 36.3 Å². The summed E-state index contributed by atoms with van der Waals surface area (Å²) in [5, 5.41) is 0. The van der Waals surface area contributed by atoms with Gasteiger partial charge in [0.15, 0.2) is 11.5 Å². The molecule has 3 rings (SSSR count). The number of para-hydroxylation sites is 2. The van der Waals surface area contributed by atoms with Gasteiger partial charge >= 0.3 is 0 Å². The quantitative estimate of drug-likeness (QED) is 0.632. The maximum absolute atomic E-state index is 5.96. The molecule has 1 heterocycles. The Morgan fingerprint density at radius 1 is 1.20 bits per heavy atom. The molecule has 0 amide bonds. The molecule has 0 aliphatic carbocycles. The average molecular weight is 332 g/mol. The molecular formula is C21H20N2O2. The van der Waals surface area contributed by atoms with Gasteiger partial charge in [-0.1, -0.05) is 36.3 Å². The molecule has 0 bridgehead atoms. The van der Waals surface area contributed by atoms with Gasteiger partial charge in [0.2, 0.25) is 0 Å². The van der Waals surface area contributed by atoms with Crippen LogP contribution in [0, 0.1) is 12.3 Å². The molecule has 2 aromatic carbocycles. The van der Waals surface area contributed by atoms with Gasteiger partial charge in [-0.2, -0.15) is 0 Å². The van der Waals surface area contributed by atoms with Crippen LogP contribution in [0.2, 0.25) is 0 Å². The lowest BCUT2D eigenvalue weighted by molar-refractivity contribution is 0.273. The third-order valence-electron chi connectivity index (χ3n) is 3.89. The van der Waals surface area contributed by atoms with E-state index in [1.807, 2.05) is 66.1 Å². The first kappa shape index (κ1) is 16.7. The molecule has 4 heteroatoms. The van der Waals surface area contributed by atoms with Crippen molar-refractivity contribution in [3.05, 3.63) is 59.9 Å². The number of benzene rings is 2. The predicted molar refractivity (Wildman–Crippen MR) is 101 cm³/mol. The molecule has 0 aliphatic rings. The van der Waals surface area contributed by atoms with Crippen molar-refractivity contribution >= 4 is 17.1 Å². The van der Waals surface area contributed by atoms with Crippen LogP contribution in [0.3, 0.4) is 0 Å². The molecule has 0 N–H and O–H groups in total. The molecule has 0 spiro atoms. The first-order valence-corrected chi connectivity index (χ1v) is 8.08. The van der Waals surface area contributed by atoms with Gasteiger partial charge in [0.1, 0.15) is 12.4 Å². The van der Waals surface area contributed by atoms with E-state index in [4.69, 9.17) is 15.9 Å². The predicted octanol–water partition coefficient (Wildman–Crippen LogP) is 4.29. The molecule has 25 heavy (non-hydrogen) atoms. The number of imidazole rings is 1. The van der Waals surface area contributed by atoms with Crippen molar-refractivity contribution < 1.29 is 9.47 Å². The smallest absolute Gasteiger partial charge is 0.161 e. The van der Waals surface area contributed by atoms with E-state index in [1.165, 1.54) is 0 Å². The molecule has 0 fully saturated rings. The van der Waals surface area contributed by atoms with Gasteiger partial charge in [-0.15, -0.1) is 6.42 Å². The number of hydrogen-bond donors (Lipinski definition) is 0. The minimum Gasteiger partial charge on any atom is -0.493 e. The van der Waals surface area contributed by atoms with Crippen LogP contribution in [0.25, 0.3) is 17.1 Å². The number of allylic oxidation sites excluding steroid dienone is 1. The highest BCUT2D eigenvalue weighted by atomic mass is 16.5. The second-order valence-corrected chi connectivity index (χ2v) is 5.51. The zero-order valence-corrected chi connectivity index (χ0v) is 14.4. The number of nitrogens with zero attached hydrogens (tertiary/aromatic N) is 2. The van der Waals surface area contributed by atoms with E-state index in [1.54, 1.807) is 7.11 Å². The Labute approximate surface area is 147 Å². The first-order valence-electron chi connectivity index (χ1n) is 8.08. The fraction of sp³-hybridized carbons (Fsp3) is 0.190. The normalized spacial score (nSPS) is 10.9. The van der Waals surface area contributed by atoms with Gasteiger partial charge < -0.3 is 14.0 Å². The van der Waals surface area contributed by atoms with Gasteiger partial charge in [0.25, 0.3) is 0 Å². The summed E-state index contributed by atoms with van der Waals surface area (Å²) in [5.41, 5.74) is 2.98. The summed E-state index contributed by atoms with van der Waals surface area (Å²) < 4.78 is 13.4. The molecule has 126 valence electrons. The van der Waals surface area contributed by atoms with Crippen LogP contribution >= 0.6 is 0 Å². The summed E-state index contributed by atoms with van der Waals surface area (Å²) in [7, 11) is 1.63. The Morgan fingerprint density at radius 2 is 2.04 bits per heavy atom. The summed E-state index contributed by atoms with van der Waals surface area (Å²) >= 11 is 0. The Bertz CT molecular complexity index is 948. The Morgan fingerprint density at radius 3 is 2.80 bits per heavy atom. The Kier molecular flexibility index (Phi) is 5.06. The van der Waals surface area contributed by atoms with Gasteiger partial charge in [-0.3, -0.25) is 0 Å². The second-order valence-electron chi connectivity index (χ2n) is 5.51. The molecule has 0 unspecified atom stereocenters. The van der Waals surface area contributed by atoms with Gasteiger partial charge in [0, 0.05) is 0 Å². The molecule has 0 radical (unpaired) electrons. The molecule has 0 saturated heterocycles. The minimum atomic E-state index is 0.315. The summed E-state index contributed by atoms with van der Waals surface area (Å²) in [5.74, 6) is 4.84. The summed E-state index contributed by atoms with van der Waals surface area (Å²) in [6.07, 6.45) is 9.51. The molecule has 0 aliphatic heterocycles. The van der Waals surface area contributed by atoms with Crippen molar-refractivity contribution in [2.24, 2.45) is 0 Å². The van der Waals surface area contributed by atoms with E-state index in [-0.39, 0.29) is 0 Å². The van der Waals surface area contributed by atoms with Crippen molar-refractivity contribution in [3.63, 3.8) is 0 Å². The second kappa shape index (κ2) is 7.59. The van der Waals surface area contributed by atoms with E-state index in [0.717, 1.165) is 22.4 Å². The molecule has 0 saturated carbocycles. The molecular weight excluding hydrogens is 312 g/mol. The van der Waals surface area contributed by atoms with Crippen LogP contribution in [0.5, 0.6) is 11.5 Å². The van der Waals surface area contributed by atoms with E-state index < -0.39 is 0 Å². The molecule has 4 nitrogen and oxygen atoms in total. The van der Waals surface area contributed by atoms with Gasteiger partial charge in [-0.25, -0.2) is 4.98 Å². The standard InChI is InChI=1S/C21H20N2O2/c1-4-8-16-11-12-19(20(14-16)24-3)25-15-21-22-17-9-6-7-10-18(17)23(21)13-5-2/h2,4,6-12,14H,13,15H2,1,3H3/b8-4+. The van der Waals surface area contributed by atoms with Crippen LogP contribution in [0.1, 0.15) is 18.3 Å². The van der Waals surface area contributed by atoms with Crippen molar-refractivity contribution in [1.82, 2.24) is 9.55 Å². The number of methoxy groups -OCH3 is 1. The van der Waals surface area contributed by atoms with Crippen LogP contribution in [0.4, 0.5) is 0 Å². The van der Waals surface area contributed by atoms with Crippen LogP contribution < -0.4 is 9.47 Å². The van der Waals surface area contributed by atoms with Crippen LogP contribution in [0.15, 0.2) is 48.5 Å². The molecule has 1 aromatic heterocycles. The number of hydrogen-bond acceptors (Lipinski definition) is 3. The maximum atomic E-state index is 5.96. The molecule has 0 atom stereocenters. The fourth-order valence-electron chi connectivity index (χ4n) is 2.75. The summed E-state index contributed by atoms with van der Waals surface area (Å²) in [6.45, 7) is 2.75. The Balaban J connectivity index is 1.88. The van der Waals surface area contributed by atoms with E-state index in [9.17, 15) is 0 Å². The lowest BCUT2D eigenvalue weighted by Gasteiger charge is -2.12. The first-order chi connectivity index (χ1) is 12.3.